The number of halogens is 1. The van der Waals surface area contributed by atoms with Crippen molar-refractivity contribution >= 4 is 23.0 Å². The number of hydrogen-bond donors (Lipinski definition) is 0. The molecule has 0 unspecified atom stereocenters. The van der Waals surface area contributed by atoms with Crippen LogP contribution in [-0.4, -0.2) is 6.54 Å². The van der Waals surface area contributed by atoms with Gasteiger partial charge in [0.15, 0.2) is 0 Å². The van der Waals surface area contributed by atoms with Gasteiger partial charge in [0.1, 0.15) is 6.07 Å². The monoisotopic (exact) mass is 256 g/mol. The van der Waals surface area contributed by atoms with Crippen LogP contribution in [-0.2, 0) is 0 Å². The summed E-state index contributed by atoms with van der Waals surface area (Å²) in [4.78, 5) is 2.07. The van der Waals surface area contributed by atoms with E-state index in [0.29, 0.717) is 10.6 Å². The van der Waals surface area contributed by atoms with Crippen LogP contribution in [0.25, 0.3) is 0 Å². The smallest absolute Gasteiger partial charge is 0.101 e. The van der Waals surface area contributed by atoms with Gasteiger partial charge >= 0.3 is 0 Å². The van der Waals surface area contributed by atoms with E-state index in [1.807, 2.05) is 36.4 Å². The first-order valence-electron chi connectivity index (χ1n) is 5.78. The van der Waals surface area contributed by atoms with E-state index < -0.39 is 0 Å². The van der Waals surface area contributed by atoms with Crippen molar-refractivity contribution in [2.75, 3.05) is 11.4 Å². The van der Waals surface area contributed by atoms with E-state index in [-0.39, 0.29) is 0 Å². The summed E-state index contributed by atoms with van der Waals surface area (Å²) < 4.78 is 0. The molecule has 3 heteroatoms. The second-order valence-corrected chi connectivity index (χ2v) is 4.29. The van der Waals surface area contributed by atoms with Crippen LogP contribution in [0.15, 0.2) is 48.5 Å². The summed E-state index contributed by atoms with van der Waals surface area (Å²) in [5.41, 5.74) is 2.53. The van der Waals surface area contributed by atoms with Gasteiger partial charge in [-0.2, -0.15) is 5.26 Å². The van der Waals surface area contributed by atoms with Crippen LogP contribution in [0.3, 0.4) is 0 Å². The van der Waals surface area contributed by atoms with E-state index in [1.165, 1.54) is 0 Å². The second-order valence-electron chi connectivity index (χ2n) is 3.85. The maximum absolute atomic E-state index is 9.18. The molecule has 0 aromatic heterocycles. The highest BCUT2D eigenvalue weighted by molar-refractivity contribution is 6.30. The molecule has 0 spiro atoms. The van der Waals surface area contributed by atoms with E-state index >= 15 is 0 Å². The maximum atomic E-state index is 9.18. The zero-order chi connectivity index (χ0) is 13.0. The molecule has 0 saturated heterocycles. The maximum Gasteiger partial charge on any atom is 0.101 e. The van der Waals surface area contributed by atoms with Crippen molar-refractivity contribution in [2.24, 2.45) is 0 Å². The fraction of sp³-hybridized carbons (Fsp3) is 0.133. The summed E-state index contributed by atoms with van der Waals surface area (Å²) in [6, 6.07) is 17.5. The van der Waals surface area contributed by atoms with Crippen LogP contribution in [0.2, 0.25) is 5.02 Å². The molecule has 0 fully saturated rings. The van der Waals surface area contributed by atoms with Crippen molar-refractivity contribution in [1.29, 1.82) is 5.26 Å². The highest BCUT2D eigenvalue weighted by Gasteiger charge is 2.12. The first-order valence-corrected chi connectivity index (χ1v) is 6.16. The van der Waals surface area contributed by atoms with Crippen molar-refractivity contribution in [1.82, 2.24) is 0 Å². The Morgan fingerprint density at radius 2 is 1.89 bits per heavy atom. The molecule has 0 saturated carbocycles. The normalized spacial score (nSPS) is 9.83. The Labute approximate surface area is 112 Å². The summed E-state index contributed by atoms with van der Waals surface area (Å²) in [5, 5.41) is 9.82. The molecule has 0 amide bonds. The van der Waals surface area contributed by atoms with E-state index in [1.54, 1.807) is 12.1 Å². The Balaban J connectivity index is 2.52. The number of benzene rings is 2. The number of nitrogens with zero attached hydrogens (tertiary/aromatic N) is 2. The molecule has 0 radical (unpaired) electrons. The van der Waals surface area contributed by atoms with Gasteiger partial charge in [0.05, 0.1) is 11.3 Å². The Morgan fingerprint density at radius 3 is 2.50 bits per heavy atom. The lowest BCUT2D eigenvalue weighted by molar-refractivity contribution is 1.02. The van der Waals surface area contributed by atoms with Crippen LogP contribution < -0.4 is 4.90 Å². The van der Waals surface area contributed by atoms with E-state index in [0.717, 1.165) is 17.9 Å². The number of anilines is 2. The van der Waals surface area contributed by atoms with Crippen molar-refractivity contribution in [3.63, 3.8) is 0 Å². The zero-order valence-corrected chi connectivity index (χ0v) is 10.9. The predicted octanol–water partition coefficient (Wildman–Crippen LogP) is 4.37. The molecule has 90 valence electrons. The lowest BCUT2D eigenvalue weighted by Crippen LogP contribution is -2.17. The SMILES string of the molecule is CCN(c1ccccc1)c1cc(Cl)ccc1C#N. The van der Waals surface area contributed by atoms with Gasteiger partial charge in [-0.05, 0) is 37.3 Å². The molecule has 2 aromatic rings. The molecule has 0 aliphatic carbocycles. The summed E-state index contributed by atoms with van der Waals surface area (Å²) >= 11 is 6.03. The predicted molar refractivity (Wildman–Crippen MR) is 75.3 cm³/mol. The average molecular weight is 257 g/mol. The fourth-order valence-electron chi connectivity index (χ4n) is 1.92. The van der Waals surface area contributed by atoms with Gasteiger partial charge < -0.3 is 4.90 Å². The van der Waals surface area contributed by atoms with Crippen molar-refractivity contribution in [2.45, 2.75) is 6.92 Å². The molecule has 0 heterocycles. The molecule has 0 aliphatic rings. The molecule has 2 nitrogen and oxygen atoms in total. The topological polar surface area (TPSA) is 27.0 Å². The quantitative estimate of drug-likeness (QED) is 0.815. The molecular formula is C15H13ClN2. The second kappa shape index (κ2) is 5.57. The molecule has 0 bridgehead atoms. The Kier molecular flexibility index (Phi) is 3.86. The molecule has 0 atom stereocenters. The van der Waals surface area contributed by atoms with Gasteiger partial charge in [-0.15, -0.1) is 0 Å². The standard InChI is InChI=1S/C15H13ClN2/c1-2-18(14-6-4-3-5-7-14)15-10-13(16)9-8-12(15)11-17/h3-10H,2H2,1H3. The highest BCUT2D eigenvalue weighted by Crippen LogP contribution is 2.30. The van der Waals surface area contributed by atoms with Gasteiger partial charge in [0.25, 0.3) is 0 Å². The minimum Gasteiger partial charge on any atom is -0.341 e. The Hall–Kier alpha value is -1.98. The van der Waals surface area contributed by atoms with Gasteiger partial charge in [-0.3, -0.25) is 0 Å². The third-order valence-corrected chi connectivity index (χ3v) is 2.99. The highest BCUT2D eigenvalue weighted by atomic mass is 35.5. The van der Waals surface area contributed by atoms with E-state index in [9.17, 15) is 5.26 Å². The number of nitriles is 1. The van der Waals surface area contributed by atoms with E-state index in [4.69, 9.17) is 11.6 Å². The third-order valence-electron chi connectivity index (χ3n) is 2.76. The average Bonchev–Trinajstić information content (AvgIpc) is 2.41. The van der Waals surface area contributed by atoms with Gasteiger partial charge in [0, 0.05) is 17.3 Å². The first-order chi connectivity index (χ1) is 8.76. The largest absolute Gasteiger partial charge is 0.341 e. The number of para-hydroxylation sites is 1. The van der Waals surface area contributed by atoms with Crippen molar-refractivity contribution in [3.05, 3.63) is 59.1 Å². The lowest BCUT2D eigenvalue weighted by Gasteiger charge is -2.24. The molecule has 2 rings (SSSR count). The van der Waals surface area contributed by atoms with Gasteiger partial charge in [-0.1, -0.05) is 29.8 Å². The lowest BCUT2D eigenvalue weighted by atomic mass is 10.1. The van der Waals surface area contributed by atoms with Crippen molar-refractivity contribution in [3.8, 4) is 6.07 Å². The summed E-state index contributed by atoms with van der Waals surface area (Å²) in [5.74, 6) is 0. The summed E-state index contributed by atoms with van der Waals surface area (Å²) in [6.45, 7) is 2.83. The van der Waals surface area contributed by atoms with Crippen LogP contribution in [0, 0.1) is 11.3 Å². The van der Waals surface area contributed by atoms with Crippen LogP contribution >= 0.6 is 11.6 Å². The molecular weight excluding hydrogens is 244 g/mol. The van der Waals surface area contributed by atoms with Gasteiger partial charge in [0.2, 0.25) is 0 Å². The summed E-state index contributed by atoms with van der Waals surface area (Å²) in [6.07, 6.45) is 0. The van der Waals surface area contributed by atoms with Gasteiger partial charge in [-0.25, -0.2) is 0 Å². The first kappa shape index (κ1) is 12.5. The van der Waals surface area contributed by atoms with Crippen LogP contribution in [0.1, 0.15) is 12.5 Å². The fourth-order valence-corrected chi connectivity index (χ4v) is 2.09. The van der Waals surface area contributed by atoms with E-state index in [2.05, 4.69) is 17.9 Å². The number of hydrogen-bond acceptors (Lipinski definition) is 2. The molecule has 2 aromatic carbocycles. The van der Waals surface area contributed by atoms with Crippen molar-refractivity contribution < 1.29 is 0 Å². The molecule has 18 heavy (non-hydrogen) atoms. The summed E-state index contributed by atoms with van der Waals surface area (Å²) in [7, 11) is 0. The Morgan fingerprint density at radius 1 is 1.17 bits per heavy atom. The zero-order valence-electron chi connectivity index (χ0n) is 10.1. The Bertz CT molecular complexity index is 573. The van der Waals surface area contributed by atoms with Crippen LogP contribution in [0.4, 0.5) is 11.4 Å². The minimum absolute atomic E-state index is 0.630. The molecule has 0 aliphatic heterocycles. The number of rotatable bonds is 3. The molecule has 0 N–H and O–H groups in total. The minimum atomic E-state index is 0.630. The van der Waals surface area contributed by atoms with Crippen LogP contribution in [0.5, 0.6) is 0 Å². The third kappa shape index (κ3) is 2.47.